The van der Waals surface area contributed by atoms with Crippen LogP contribution in [0, 0.1) is 137 Å². The second-order valence-corrected chi connectivity index (χ2v) is 4.86. The first-order valence-corrected chi connectivity index (χ1v) is 8.69. The molecule has 3 nitrogen and oxygen atoms in total. The summed E-state index contributed by atoms with van der Waals surface area (Å²) in [5.74, 6) is 46.7. The second kappa shape index (κ2) is 17.4. The van der Waals surface area contributed by atoms with E-state index in [1.807, 2.05) is 0 Å². The van der Waals surface area contributed by atoms with Crippen molar-refractivity contribution in [2.75, 3.05) is 7.11 Å². The Kier molecular flexibility index (Phi) is 13.1. The molecule has 34 heavy (non-hydrogen) atoms. The van der Waals surface area contributed by atoms with Gasteiger partial charge in [-0.05, 0) is 65.6 Å². The number of ether oxygens (including phenoxy) is 2. The van der Waals surface area contributed by atoms with Crippen LogP contribution < -0.4 is 4.74 Å². The van der Waals surface area contributed by atoms with Crippen LogP contribution in [0.4, 0.5) is 4.39 Å². The number of halogens is 1. The number of methoxy groups -OCH3 is 1. The molecule has 152 valence electrons. The van der Waals surface area contributed by atoms with E-state index in [0.29, 0.717) is 0 Å². The fourth-order valence-corrected chi connectivity index (χ4v) is 1.50. The molecule has 0 atom stereocenters. The van der Waals surface area contributed by atoms with Gasteiger partial charge in [-0.25, -0.2) is 9.18 Å². The topological polar surface area (TPSA) is 35.5 Å². The van der Waals surface area contributed by atoms with Gasteiger partial charge in [0.1, 0.15) is 6.11 Å². The molecule has 0 aliphatic carbocycles. The minimum absolute atomic E-state index is 0.0538. The standard InChI is InChI=1S/C30H7FO3/c1-3-4-5-6-7-8-9-10-11-12-13-14-15-16-17-18-19-20-21-22-25-34-29-24-23-27(26-28(29)31)30(32)33-2/h1,23-24,26H,2H3. The van der Waals surface area contributed by atoms with Crippen LogP contribution in [0.25, 0.3) is 0 Å². The molecule has 0 saturated heterocycles. The van der Waals surface area contributed by atoms with E-state index in [-0.39, 0.29) is 11.3 Å². The first-order valence-electron chi connectivity index (χ1n) is 8.69. The third-order valence-electron chi connectivity index (χ3n) is 2.76. The zero-order valence-electron chi connectivity index (χ0n) is 17.4. The molecule has 0 N–H and O–H groups in total. The lowest BCUT2D eigenvalue weighted by molar-refractivity contribution is 0.0600. The van der Waals surface area contributed by atoms with Crippen molar-refractivity contribution < 1.29 is 18.7 Å². The Morgan fingerprint density at radius 2 is 1.12 bits per heavy atom. The highest BCUT2D eigenvalue weighted by Crippen LogP contribution is 2.18. The molecule has 0 aliphatic rings. The van der Waals surface area contributed by atoms with Crippen LogP contribution in [-0.4, -0.2) is 13.1 Å². The summed E-state index contributed by atoms with van der Waals surface area (Å²) in [6.45, 7) is 0. The molecule has 0 fully saturated rings. The fourth-order valence-electron chi connectivity index (χ4n) is 1.50. The van der Waals surface area contributed by atoms with E-state index in [2.05, 4.69) is 129 Å². The number of esters is 1. The second-order valence-electron chi connectivity index (χ2n) is 4.86. The van der Waals surface area contributed by atoms with Crippen LogP contribution in [0.5, 0.6) is 5.75 Å². The molecular formula is C30H7FO3. The summed E-state index contributed by atoms with van der Waals surface area (Å²) in [4.78, 5) is 11.3. The van der Waals surface area contributed by atoms with Gasteiger partial charge < -0.3 is 9.47 Å². The van der Waals surface area contributed by atoms with Crippen LogP contribution in [0.2, 0.25) is 0 Å². The summed E-state index contributed by atoms with van der Waals surface area (Å²) >= 11 is 0. The van der Waals surface area contributed by atoms with Gasteiger partial charge in [-0.3, -0.25) is 0 Å². The highest BCUT2D eigenvalue weighted by atomic mass is 19.1. The van der Waals surface area contributed by atoms with E-state index in [0.717, 1.165) is 6.07 Å². The zero-order chi connectivity index (χ0) is 24.7. The van der Waals surface area contributed by atoms with E-state index >= 15 is 0 Å². The molecule has 0 amide bonds. The first-order chi connectivity index (χ1) is 16.7. The Morgan fingerprint density at radius 3 is 1.50 bits per heavy atom. The van der Waals surface area contributed by atoms with Crippen molar-refractivity contribution in [2.24, 2.45) is 0 Å². The zero-order valence-corrected chi connectivity index (χ0v) is 17.4. The minimum Gasteiger partial charge on any atom is -0.465 e. The quantitative estimate of drug-likeness (QED) is 0.524. The van der Waals surface area contributed by atoms with Gasteiger partial charge in [-0.2, -0.15) is 0 Å². The third-order valence-corrected chi connectivity index (χ3v) is 2.76. The Morgan fingerprint density at radius 1 is 0.706 bits per heavy atom. The van der Waals surface area contributed by atoms with Crippen molar-refractivity contribution in [3.05, 3.63) is 29.6 Å². The Hall–Kier alpha value is -6.42. The number of terminal acetylenes is 1. The molecule has 0 spiro atoms. The number of rotatable bonds is 2. The molecular weight excluding hydrogens is 427 g/mol. The molecule has 1 rings (SSSR count). The summed E-state index contributed by atoms with van der Waals surface area (Å²) in [6.07, 6.45) is 7.12. The van der Waals surface area contributed by atoms with Gasteiger partial charge in [0.25, 0.3) is 0 Å². The van der Waals surface area contributed by atoms with Crippen LogP contribution in [0.15, 0.2) is 18.2 Å². The predicted molar refractivity (Wildman–Crippen MR) is 125 cm³/mol. The predicted octanol–water partition coefficient (Wildman–Crippen LogP) is 1.62. The molecule has 0 aromatic heterocycles. The summed E-state index contributed by atoms with van der Waals surface area (Å²) in [7, 11) is 1.20. The smallest absolute Gasteiger partial charge is 0.337 e. The van der Waals surface area contributed by atoms with Crippen LogP contribution in [0.1, 0.15) is 10.4 Å². The van der Waals surface area contributed by atoms with Gasteiger partial charge in [0, 0.05) is 71.0 Å². The summed E-state index contributed by atoms with van der Waals surface area (Å²) in [5.41, 5.74) is 0.0538. The van der Waals surface area contributed by atoms with Gasteiger partial charge in [0.05, 0.1) is 12.7 Å². The lowest BCUT2D eigenvalue weighted by Gasteiger charge is -2.02. The van der Waals surface area contributed by atoms with E-state index in [9.17, 15) is 9.18 Å². The van der Waals surface area contributed by atoms with E-state index in [4.69, 9.17) is 11.2 Å². The van der Waals surface area contributed by atoms with E-state index in [1.165, 1.54) is 19.2 Å². The van der Waals surface area contributed by atoms with Crippen LogP contribution in [0.3, 0.4) is 0 Å². The van der Waals surface area contributed by atoms with Gasteiger partial charge in [-0.1, -0.05) is 0 Å². The maximum Gasteiger partial charge on any atom is 0.337 e. The summed E-state index contributed by atoms with van der Waals surface area (Å²) in [5, 5.41) is 0. The average molecular weight is 434 g/mol. The number of carbonyl (C=O) groups is 1. The third kappa shape index (κ3) is 12.2. The summed E-state index contributed by atoms with van der Waals surface area (Å²) < 4.78 is 23.2. The summed E-state index contributed by atoms with van der Waals surface area (Å²) in [6, 6.07) is 3.58. The average Bonchev–Trinajstić information content (AvgIpc) is 2.85. The van der Waals surface area contributed by atoms with Crippen molar-refractivity contribution in [1.82, 2.24) is 0 Å². The van der Waals surface area contributed by atoms with E-state index in [1.54, 1.807) is 0 Å². The SMILES string of the molecule is C#CC#CC#CC#CC#CC#CC#CC#CC#CC#CC#COc1ccc(C(=O)OC)cc1F. The molecule has 0 saturated carbocycles. The molecule has 0 bridgehead atoms. The fraction of sp³-hybridized carbons (Fsp3) is 0.0333. The highest BCUT2D eigenvalue weighted by Gasteiger charge is 2.10. The van der Waals surface area contributed by atoms with Crippen LogP contribution >= 0.6 is 0 Å². The van der Waals surface area contributed by atoms with Gasteiger partial charge in [0.2, 0.25) is 0 Å². The van der Waals surface area contributed by atoms with E-state index < -0.39 is 11.8 Å². The Labute approximate surface area is 198 Å². The van der Waals surface area contributed by atoms with Crippen molar-refractivity contribution in [3.8, 4) is 137 Å². The number of carbonyl (C=O) groups excluding carboxylic acids is 1. The van der Waals surface area contributed by atoms with Crippen molar-refractivity contribution in [2.45, 2.75) is 0 Å². The normalized spacial score (nSPS) is 6.03. The maximum atomic E-state index is 13.8. The maximum absolute atomic E-state index is 13.8. The lowest BCUT2D eigenvalue weighted by atomic mass is 10.2. The molecule has 0 radical (unpaired) electrons. The van der Waals surface area contributed by atoms with Crippen molar-refractivity contribution >= 4 is 5.97 Å². The molecule has 0 unspecified atom stereocenters. The van der Waals surface area contributed by atoms with Gasteiger partial charge in [0.15, 0.2) is 11.6 Å². The molecule has 4 heteroatoms. The van der Waals surface area contributed by atoms with Crippen molar-refractivity contribution in [1.29, 1.82) is 0 Å². The minimum atomic E-state index is -0.764. The molecule has 1 aromatic carbocycles. The van der Waals surface area contributed by atoms with Gasteiger partial charge in [-0.15, -0.1) is 6.42 Å². The Balaban J connectivity index is 2.50. The highest BCUT2D eigenvalue weighted by molar-refractivity contribution is 5.89. The first kappa shape index (κ1) is 25.6. The van der Waals surface area contributed by atoms with Crippen LogP contribution in [-0.2, 0) is 4.74 Å². The number of hydrogen-bond donors (Lipinski definition) is 0. The monoisotopic (exact) mass is 434 g/mol. The molecule has 0 heterocycles. The number of hydrogen-bond acceptors (Lipinski definition) is 3. The Bertz CT molecular complexity index is 1650. The van der Waals surface area contributed by atoms with Gasteiger partial charge >= 0.3 is 5.97 Å². The van der Waals surface area contributed by atoms with Crippen molar-refractivity contribution in [3.63, 3.8) is 0 Å². The lowest BCUT2D eigenvalue weighted by Crippen LogP contribution is -2.02. The molecule has 1 aromatic rings. The molecule has 0 aliphatic heterocycles. The largest absolute Gasteiger partial charge is 0.465 e. The number of benzene rings is 1.